The standard InChI is InChI=1S/C15H13F3N6/c16-15(17,18)11-1-2-13(22-10-11)23-5-7-24(8-6-23)14-12(9-19)20-3-4-21-14/h1-4,10H,5-8H2. The summed E-state index contributed by atoms with van der Waals surface area (Å²) in [5.41, 5.74) is -0.498. The molecule has 1 fully saturated rings. The molecular formula is C15H13F3N6. The number of hydrogen-bond acceptors (Lipinski definition) is 6. The van der Waals surface area contributed by atoms with Crippen LogP contribution in [-0.2, 0) is 6.18 Å². The van der Waals surface area contributed by atoms with Gasteiger partial charge in [0.25, 0.3) is 0 Å². The van der Waals surface area contributed by atoms with Gasteiger partial charge in [-0.2, -0.15) is 18.4 Å². The van der Waals surface area contributed by atoms with E-state index in [-0.39, 0.29) is 5.69 Å². The molecule has 0 N–H and O–H groups in total. The van der Waals surface area contributed by atoms with Crippen LogP contribution >= 0.6 is 0 Å². The van der Waals surface area contributed by atoms with E-state index in [4.69, 9.17) is 5.26 Å². The van der Waals surface area contributed by atoms with E-state index in [0.29, 0.717) is 37.8 Å². The maximum atomic E-state index is 12.6. The summed E-state index contributed by atoms with van der Waals surface area (Å²) in [7, 11) is 0. The Kier molecular flexibility index (Phi) is 4.20. The van der Waals surface area contributed by atoms with Gasteiger partial charge in [-0.3, -0.25) is 0 Å². The summed E-state index contributed by atoms with van der Waals surface area (Å²) < 4.78 is 37.7. The molecule has 2 aromatic heterocycles. The van der Waals surface area contributed by atoms with Gasteiger partial charge in [0, 0.05) is 44.8 Å². The zero-order valence-corrected chi connectivity index (χ0v) is 12.5. The number of piperazine rings is 1. The van der Waals surface area contributed by atoms with Crippen molar-refractivity contribution in [3.63, 3.8) is 0 Å². The molecule has 0 aromatic carbocycles. The molecule has 1 aliphatic rings. The Labute approximate surface area is 136 Å². The normalized spacial score (nSPS) is 15.2. The topological polar surface area (TPSA) is 68.9 Å². The Morgan fingerprint density at radius 2 is 1.62 bits per heavy atom. The van der Waals surface area contributed by atoms with Crippen molar-refractivity contribution in [2.24, 2.45) is 0 Å². The fraction of sp³-hybridized carbons (Fsp3) is 0.333. The minimum atomic E-state index is -4.39. The first-order valence-electron chi connectivity index (χ1n) is 7.23. The molecule has 0 radical (unpaired) electrons. The van der Waals surface area contributed by atoms with Crippen LogP contribution in [0.3, 0.4) is 0 Å². The fourth-order valence-corrected chi connectivity index (χ4v) is 2.53. The zero-order valence-electron chi connectivity index (χ0n) is 12.5. The van der Waals surface area contributed by atoms with Gasteiger partial charge in [0.1, 0.15) is 11.9 Å². The molecule has 3 rings (SSSR count). The molecule has 124 valence electrons. The van der Waals surface area contributed by atoms with Crippen molar-refractivity contribution in [3.8, 4) is 6.07 Å². The molecule has 0 amide bonds. The SMILES string of the molecule is N#Cc1nccnc1N1CCN(c2ccc(C(F)(F)F)cn2)CC1. The summed E-state index contributed by atoms with van der Waals surface area (Å²) >= 11 is 0. The minimum absolute atomic E-state index is 0.263. The molecule has 1 saturated heterocycles. The van der Waals surface area contributed by atoms with Gasteiger partial charge in [-0.05, 0) is 12.1 Å². The van der Waals surface area contributed by atoms with Gasteiger partial charge in [-0.1, -0.05) is 0 Å². The van der Waals surface area contributed by atoms with E-state index < -0.39 is 11.7 Å². The lowest BCUT2D eigenvalue weighted by Gasteiger charge is -2.36. The molecule has 2 aromatic rings. The van der Waals surface area contributed by atoms with Gasteiger partial charge < -0.3 is 9.80 Å². The lowest BCUT2D eigenvalue weighted by Crippen LogP contribution is -2.47. The molecule has 3 heterocycles. The number of hydrogen-bond donors (Lipinski definition) is 0. The summed E-state index contributed by atoms with van der Waals surface area (Å²) in [6.45, 7) is 2.30. The summed E-state index contributed by atoms with van der Waals surface area (Å²) in [5.74, 6) is 1.03. The van der Waals surface area contributed by atoms with Gasteiger partial charge >= 0.3 is 6.18 Å². The monoisotopic (exact) mass is 334 g/mol. The second-order valence-electron chi connectivity index (χ2n) is 5.22. The Hall–Kier alpha value is -2.89. The quantitative estimate of drug-likeness (QED) is 0.838. The van der Waals surface area contributed by atoms with E-state index in [1.165, 1.54) is 18.5 Å². The predicted molar refractivity (Wildman–Crippen MR) is 80.4 cm³/mol. The molecule has 0 aliphatic carbocycles. The third-order valence-corrected chi connectivity index (χ3v) is 3.76. The number of pyridine rings is 1. The number of nitrogens with zero attached hydrogens (tertiary/aromatic N) is 6. The summed E-state index contributed by atoms with van der Waals surface area (Å²) in [6, 6.07) is 4.42. The van der Waals surface area contributed by atoms with Crippen molar-refractivity contribution in [3.05, 3.63) is 42.0 Å². The van der Waals surface area contributed by atoms with Crippen molar-refractivity contribution in [2.45, 2.75) is 6.18 Å². The lowest BCUT2D eigenvalue weighted by atomic mass is 10.2. The van der Waals surface area contributed by atoms with Crippen LogP contribution in [0.4, 0.5) is 24.8 Å². The van der Waals surface area contributed by atoms with Crippen molar-refractivity contribution < 1.29 is 13.2 Å². The molecule has 0 spiro atoms. The van der Waals surface area contributed by atoms with Crippen LogP contribution in [0.15, 0.2) is 30.7 Å². The zero-order chi connectivity index (χ0) is 17.2. The first-order chi connectivity index (χ1) is 11.5. The van der Waals surface area contributed by atoms with Gasteiger partial charge in [-0.25, -0.2) is 15.0 Å². The summed E-state index contributed by atoms with van der Waals surface area (Å²) in [5, 5.41) is 9.08. The van der Waals surface area contributed by atoms with Crippen molar-refractivity contribution in [1.82, 2.24) is 15.0 Å². The van der Waals surface area contributed by atoms with Gasteiger partial charge in [0.2, 0.25) is 0 Å². The van der Waals surface area contributed by atoms with Gasteiger partial charge in [0.15, 0.2) is 11.5 Å². The largest absolute Gasteiger partial charge is 0.417 e. The number of alkyl halides is 3. The van der Waals surface area contributed by atoms with E-state index in [1.807, 2.05) is 15.9 Å². The number of nitriles is 1. The van der Waals surface area contributed by atoms with Crippen molar-refractivity contribution in [1.29, 1.82) is 5.26 Å². The Morgan fingerprint density at radius 1 is 0.958 bits per heavy atom. The highest BCUT2D eigenvalue weighted by molar-refractivity contribution is 5.51. The van der Waals surface area contributed by atoms with Crippen LogP contribution in [0.2, 0.25) is 0 Å². The van der Waals surface area contributed by atoms with Crippen molar-refractivity contribution in [2.75, 3.05) is 36.0 Å². The average molecular weight is 334 g/mol. The Balaban J connectivity index is 1.68. The number of rotatable bonds is 2. The second-order valence-corrected chi connectivity index (χ2v) is 5.22. The lowest BCUT2D eigenvalue weighted by molar-refractivity contribution is -0.137. The van der Waals surface area contributed by atoms with E-state index in [0.717, 1.165) is 12.3 Å². The fourth-order valence-electron chi connectivity index (χ4n) is 2.53. The number of aromatic nitrogens is 3. The minimum Gasteiger partial charge on any atom is -0.353 e. The van der Waals surface area contributed by atoms with Gasteiger partial charge in [0.05, 0.1) is 5.56 Å². The van der Waals surface area contributed by atoms with E-state index >= 15 is 0 Å². The molecule has 9 heteroatoms. The highest BCUT2D eigenvalue weighted by Gasteiger charge is 2.31. The molecule has 0 bridgehead atoms. The maximum Gasteiger partial charge on any atom is 0.417 e. The summed E-state index contributed by atoms with van der Waals surface area (Å²) in [4.78, 5) is 15.9. The second kappa shape index (κ2) is 6.31. The van der Waals surface area contributed by atoms with Crippen LogP contribution in [0.5, 0.6) is 0 Å². The molecule has 0 unspecified atom stereocenters. The molecular weight excluding hydrogens is 321 g/mol. The first-order valence-corrected chi connectivity index (χ1v) is 7.23. The van der Waals surface area contributed by atoms with Crippen LogP contribution in [-0.4, -0.2) is 41.1 Å². The van der Waals surface area contributed by atoms with Gasteiger partial charge in [-0.15, -0.1) is 0 Å². The third kappa shape index (κ3) is 3.22. The molecule has 1 aliphatic heterocycles. The smallest absolute Gasteiger partial charge is 0.353 e. The number of halogens is 3. The molecule has 6 nitrogen and oxygen atoms in total. The van der Waals surface area contributed by atoms with E-state index in [9.17, 15) is 13.2 Å². The first kappa shape index (κ1) is 16.0. The average Bonchev–Trinajstić information content (AvgIpc) is 2.61. The van der Waals surface area contributed by atoms with Crippen molar-refractivity contribution >= 4 is 11.6 Å². The maximum absolute atomic E-state index is 12.6. The number of anilines is 2. The predicted octanol–water partition coefficient (Wildman–Crippen LogP) is 2.09. The van der Waals surface area contributed by atoms with Crippen LogP contribution in [0, 0.1) is 11.3 Å². The van der Waals surface area contributed by atoms with E-state index in [1.54, 1.807) is 0 Å². The van der Waals surface area contributed by atoms with Crippen LogP contribution in [0.25, 0.3) is 0 Å². The highest BCUT2D eigenvalue weighted by atomic mass is 19.4. The van der Waals surface area contributed by atoms with E-state index in [2.05, 4.69) is 15.0 Å². The molecule has 0 atom stereocenters. The molecule has 24 heavy (non-hydrogen) atoms. The highest BCUT2D eigenvalue weighted by Crippen LogP contribution is 2.29. The molecule has 0 saturated carbocycles. The van der Waals surface area contributed by atoms with Crippen LogP contribution in [0.1, 0.15) is 11.3 Å². The van der Waals surface area contributed by atoms with Crippen LogP contribution < -0.4 is 9.80 Å². The Bertz CT molecular complexity index is 745. The third-order valence-electron chi connectivity index (χ3n) is 3.76. The summed E-state index contributed by atoms with van der Waals surface area (Å²) in [6.07, 6.45) is -0.549. The Morgan fingerprint density at radius 3 is 2.21 bits per heavy atom.